The van der Waals surface area contributed by atoms with Gasteiger partial charge in [0, 0.05) is 22.2 Å². The highest BCUT2D eigenvalue weighted by molar-refractivity contribution is 6.06. The number of hydrogen-bond acceptors (Lipinski definition) is 2. The van der Waals surface area contributed by atoms with Gasteiger partial charge in [-0.25, -0.2) is 0 Å². The molecule has 0 aliphatic carbocycles. The average molecular weight is 457 g/mol. The Kier molecular flexibility index (Phi) is 5.47. The zero-order valence-electron chi connectivity index (χ0n) is 22.6. The van der Waals surface area contributed by atoms with Crippen molar-refractivity contribution >= 4 is 21.5 Å². The number of hydrogen-bond donors (Lipinski definition) is 2. The molecule has 182 valence electrons. The highest BCUT2D eigenvalue weighted by Gasteiger charge is 2.41. The van der Waals surface area contributed by atoms with Crippen molar-refractivity contribution in [3.63, 3.8) is 0 Å². The average Bonchev–Trinajstić information content (AvgIpc) is 2.67. The molecule has 2 aliphatic heterocycles. The highest BCUT2D eigenvalue weighted by Crippen LogP contribution is 2.49. The number of fused-ring (bicyclic) bond motifs is 2. The molecule has 0 spiro atoms. The smallest absolute Gasteiger partial charge is 0.0135 e. The second-order valence-corrected chi connectivity index (χ2v) is 13.9. The largest absolute Gasteiger partial charge is 0.307 e. The van der Waals surface area contributed by atoms with E-state index in [1.165, 1.54) is 21.5 Å². The van der Waals surface area contributed by atoms with Gasteiger partial charge in [-0.15, -0.1) is 0 Å². The van der Waals surface area contributed by atoms with Crippen LogP contribution in [0.3, 0.4) is 0 Å². The van der Waals surface area contributed by atoms with Crippen molar-refractivity contribution < 1.29 is 0 Å². The van der Waals surface area contributed by atoms with Crippen LogP contribution in [0.15, 0.2) is 48.5 Å². The fourth-order valence-corrected chi connectivity index (χ4v) is 8.13. The van der Waals surface area contributed by atoms with Gasteiger partial charge in [0.15, 0.2) is 0 Å². The molecule has 0 atom stereocenters. The summed E-state index contributed by atoms with van der Waals surface area (Å²) < 4.78 is 0. The van der Waals surface area contributed by atoms with Crippen molar-refractivity contribution in [1.29, 1.82) is 0 Å². The van der Waals surface area contributed by atoms with E-state index in [1.807, 2.05) is 0 Å². The van der Waals surface area contributed by atoms with E-state index in [4.69, 9.17) is 0 Å². The fourth-order valence-electron chi connectivity index (χ4n) is 8.13. The Labute approximate surface area is 206 Å². The van der Waals surface area contributed by atoms with Crippen LogP contribution in [0.4, 0.5) is 0 Å². The minimum Gasteiger partial charge on any atom is -0.307 e. The van der Waals surface area contributed by atoms with E-state index in [2.05, 4.69) is 115 Å². The lowest BCUT2D eigenvalue weighted by atomic mass is 9.68. The monoisotopic (exact) mass is 456 g/mol. The molecule has 5 rings (SSSR count). The zero-order valence-corrected chi connectivity index (χ0v) is 22.6. The van der Waals surface area contributed by atoms with Crippen molar-refractivity contribution in [3.05, 3.63) is 59.7 Å². The molecule has 2 aliphatic rings. The van der Waals surface area contributed by atoms with Crippen LogP contribution < -0.4 is 10.6 Å². The van der Waals surface area contributed by atoms with Gasteiger partial charge in [-0.3, -0.25) is 0 Å². The molecule has 34 heavy (non-hydrogen) atoms. The number of piperidine rings is 2. The van der Waals surface area contributed by atoms with E-state index in [1.54, 1.807) is 11.1 Å². The van der Waals surface area contributed by atoms with Crippen molar-refractivity contribution in [2.45, 2.75) is 115 Å². The van der Waals surface area contributed by atoms with Crippen LogP contribution in [0.2, 0.25) is 0 Å². The third-order valence-electron chi connectivity index (χ3n) is 8.21. The number of rotatable bonds is 2. The lowest BCUT2D eigenvalue weighted by Crippen LogP contribution is -2.57. The van der Waals surface area contributed by atoms with Crippen LogP contribution >= 0.6 is 0 Å². The molecule has 3 aromatic rings. The maximum atomic E-state index is 3.90. The van der Waals surface area contributed by atoms with Crippen molar-refractivity contribution in [2.75, 3.05) is 0 Å². The van der Waals surface area contributed by atoms with E-state index in [0.717, 1.165) is 25.7 Å². The summed E-state index contributed by atoms with van der Waals surface area (Å²) in [6.45, 7) is 19.0. The Morgan fingerprint density at radius 3 is 0.941 bits per heavy atom. The highest BCUT2D eigenvalue weighted by atomic mass is 15.1. The van der Waals surface area contributed by atoms with Crippen molar-refractivity contribution in [3.8, 4) is 0 Å². The summed E-state index contributed by atoms with van der Waals surface area (Å²) in [5, 5.41) is 13.7. The minimum absolute atomic E-state index is 0.121. The lowest BCUT2D eigenvalue weighted by Gasteiger charge is -2.48. The lowest BCUT2D eigenvalue weighted by molar-refractivity contribution is 0.161. The van der Waals surface area contributed by atoms with Gasteiger partial charge in [0.25, 0.3) is 0 Å². The van der Waals surface area contributed by atoms with Gasteiger partial charge in [-0.1, -0.05) is 48.5 Å². The first-order valence-electron chi connectivity index (χ1n) is 13.3. The molecule has 2 nitrogen and oxygen atoms in total. The number of benzene rings is 3. The molecule has 0 amide bonds. The topological polar surface area (TPSA) is 24.1 Å². The van der Waals surface area contributed by atoms with E-state index in [-0.39, 0.29) is 22.2 Å². The van der Waals surface area contributed by atoms with E-state index in [0.29, 0.717) is 11.8 Å². The summed E-state index contributed by atoms with van der Waals surface area (Å²) >= 11 is 0. The van der Waals surface area contributed by atoms with Gasteiger partial charge in [0.2, 0.25) is 0 Å². The first-order chi connectivity index (χ1) is 15.8. The number of nitrogens with one attached hydrogen (secondary N) is 2. The molecular weight excluding hydrogens is 412 g/mol. The molecule has 0 radical (unpaired) electrons. The molecule has 2 N–H and O–H groups in total. The summed E-state index contributed by atoms with van der Waals surface area (Å²) in [6, 6.07) is 18.6. The first-order valence-corrected chi connectivity index (χ1v) is 13.3. The maximum absolute atomic E-state index is 3.90. The quantitative estimate of drug-likeness (QED) is 0.381. The molecular formula is C32H44N2. The van der Waals surface area contributed by atoms with Gasteiger partial charge in [-0.05, 0) is 126 Å². The standard InChI is InChI=1S/C32H44N2/c1-29(2)17-21(18-30(3,4)33-29)27-23-13-9-11-15-25(23)28(26-16-12-10-14-24(26)27)22-19-31(5,6)34-32(7,8)20-22/h9-16,21-22,33-34H,17-20H2,1-8H3. The van der Waals surface area contributed by atoms with Gasteiger partial charge in [0.05, 0.1) is 0 Å². The fraction of sp³-hybridized carbons (Fsp3) is 0.562. The van der Waals surface area contributed by atoms with Gasteiger partial charge in [-0.2, -0.15) is 0 Å². The Balaban J connectivity index is 1.78. The zero-order chi connectivity index (χ0) is 24.5. The van der Waals surface area contributed by atoms with Crippen LogP contribution in [-0.4, -0.2) is 22.2 Å². The molecule has 0 saturated carbocycles. The van der Waals surface area contributed by atoms with Crippen LogP contribution in [0.1, 0.15) is 104 Å². The molecule has 0 unspecified atom stereocenters. The van der Waals surface area contributed by atoms with Crippen LogP contribution in [0.5, 0.6) is 0 Å². The predicted octanol–water partition coefficient (Wildman–Crippen LogP) is 8.04. The molecule has 0 aromatic heterocycles. The second-order valence-electron chi connectivity index (χ2n) is 13.9. The van der Waals surface area contributed by atoms with E-state index in [9.17, 15) is 0 Å². The van der Waals surface area contributed by atoms with Crippen LogP contribution in [0, 0.1) is 0 Å². The van der Waals surface area contributed by atoms with Gasteiger partial charge >= 0.3 is 0 Å². The third kappa shape index (κ3) is 4.40. The molecule has 2 heterocycles. The third-order valence-corrected chi connectivity index (χ3v) is 8.21. The second kappa shape index (κ2) is 7.80. The molecule has 0 bridgehead atoms. The molecule has 3 aromatic carbocycles. The summed E-state index contributed by atoms with van der Waals surface area (Å²) in [5.41, 5.74) is 3.63. The molecule has 2 heteroatoms. The predicted molar refractivity (Wildman–Crippen MR) is 148 cm³/mol. The van der Waals surface area contributed by atoms with Crippen molar-refractivity contribution in [2.24, 2.45) is 0 Å². The summed E-state index contributed by atoms with van der Waals surface area (Å²) in [5.74, 6) is 1.08. The summed E-state index contributed by atoms with van der Waals surface area (Å²) in [7, 11) is 0. The summed E-state index contributed by atoms with van der Waals surface area (Å²) in [4.78, 5) is 0. The van der Waals surface area contributed by atoms with Gasteiger partial charge in [0.1, 0.15) is 0 Å². The Morgan fingerprint density at radius 2 is 0.706 bits per heavy atom. The minimum atomic E-state index is 0.121. The first kappa shape index (κ1) is 23.8. The normalized spacial score (nSPS) is 24.5. The SMILES string of the molecule is CC1(C)CC(c2c3ccccc3c(C3CC(C)(C)NC(C)(C)C3)c3ccccc23)CC(C)(C)N1. The van der Waals surface area contributed by atoms with Crippen LogP contribution in [-0.2, 0) is 0 Å². The Bertz CT molecular complexity index is 1050. The Morgan fingerprint density at radius 1 is 0.471 bits per heavy atom. The van der Waals surface area contributed by atoms with Crippen molar-refractivity contribution in [1.82, 2.24) is 10.6 Å². The maximum Gasteiger partial charge on any atom is 0.0135 e. The van der Waals surface area contributed by atoms with Gasteiger partial charge < -0.3 is 10.6 Å². The molecule has 2 saturated heterocycles. The van der Waals surface area contributed by atoms with E-state index < -0.39 is 0 Å². The van der Waals surface area contributed by atoms with E-state index >= 15 is 0 Å². The molecule has 2 fully saturated rings. The Hall–Kier alpha value is -1.90. The van der Waals surface area contributed by atoms with Crippen LogP contribution in [0.25, 0.3) is 21.5 Å². The summed E-state index contributed by atoms with van der Waals surface area (Å²) in [6.07, 6.45) is 4.66.